The molecule has 0 bridgehead atoms. The molecule has 1 atom stereocenters. The number of nitrogens with one attached hydrogen (secondary N) is 1. The van der Waals surface area contributed by atoms with Gasteiger partial charge in [0.2, 0.25) is 5.95 Å². The summed E-state index contributed by atoms with van der Waals surface area (Å²) in [7, 11) is 0. The molecule has 0 fully saturated rings. The van der Waals surface area contributed by atoms with Crippen molar-refractivity contribution in [1.29, 1.82) is 5.26 Å². The fourth-order valence-electron chi connectivity index (χ4n) is 3.67. The summed E-state index contributed by atoms with van der Waals surface area (Å²) < 4.78 is 2.01. The first-order valence-electron chi connectivity index (χ1n) is 8.87. The summed E-state index contributed by atoms with van der Waals surface area (Å²) >= 11 is 0. The predicted molar refractivity (Wildman–Crippen MR) is 103 cm³/mol. The topological polar surface area (TPSA) is 79.4 Å². The van der Waals surface area contributed by atoms with Crippen LogP contribution < -0.4 is 5.32 Å². The summed E-state index contributed by atoms with van der Waals surface area (Å²) in [6.45, 7) is 0. The highest BCUT2D eigenvalue weighted by Crippen LogP contribution is 2.35. The van der Waals surface area contributed by atoms with E-state index in [1.54, 1.807) is 18.3 Å². The molecule has 0 spiro atoms. The van der Waals surface area contributed by atoms with Crippen molar-refractivity contribution in [2.45, 2.75) is 18.9 Å². The van der Waals surface area contributed by atoms with Gasteiger partial charge in [-0.05, 0) is 48.2 Å². The molecule has 0 unspecified atom stereocenters. The van der Waals surface area contributed by atoms with Crippen LogP contribution in [0.5, 0.6) is 0 Å². The first-order chi connectivity index (χ1) is 13.3. The first kappa shape index (κ1) is 15.5. The Balaban J connectivity index is 1.50. The Kier molecular flexibility index (Phi) is 3.58. The van der Waals surface area contributed by atoms with Crippen molar-refractivity contribution in [1.82, 2.24) is 19.7 Å². The van der Waals surface area contributed by atoms with Crippen LogP contribution in [0.4, 0.5) is 11.6 Å². The third-order valence-corrected chi connectivity index (χ3v) is 5.00. The number of nitriles is 1. The van der Waals surface area contributed by atoms with Gasteiger partial charge >= 0.3 is 0 Å². The lowest BCUT2D eigenvalue weighted by molar-refractivity contribution is 0.533. The monoisotopic (exact) mass is 352 g/mol. The zero-order valence-electron chi connectivity index (χ0n) is 14.5. The van der Waals surface area contributed by atoms with E-state index < -0.39 is 0 Å². The van der Waals surface area contributed by atoms with E-state index in [1.807, 2.05) is 23.0 Å². The van der Waals surface area contributed by atoms with Gasteiger partial charge < -0.3 is 5.32 Å². The number of aryl methyl sites for hydroxylation is 1. The lowest BCUT2D eigenvalue weighted by Crippen LogP contribution is -2.10. The van der Waals surface area contributed by atoms with Gasteiger partial charge in [-0.15, -0.1) is 0 Å². The van der Waals surface area contributed by atoms with Crippen molar-refractivity contribution >= 4 is 22.7 Å². The maximum Gasteiger partial charge on any atom is 0.229 e. The standard InChI is InChI=1S/C21H16N6/c22-11-14-5-8-17(9-6-14)25-21-23-12-16-13-24-27(20(16)26-21)19-10-7-15-3-1-2-4-18(15)19/h1-6,8-9,12-13,19H,7,10H2,(H,23,25,26)/t19-/m0/s1. The van der Waals surface area contributed by atoms with Crippen molar-refractivity contribution in [2.75, 3.05) is 5.32 Å². The molecule has 0 amide bonds. The first-order valence-corrected chi connectivity index (χ1v) is 8.87. The summed E-state index contributed by atoms with van der Waals surface area (Å²) in [6.07, 6.45) is 5.70. The summed E-state index contributed by atoms with van der Waals surface area (Å²) in [5.41, 5.74) is 4.99. The highest BCUT2D eigenvalue weighted by Gasteiger charge is 2.25. The minimum absolute atomic E-state index is 0.205. The molecule has 27 heavy (non-hydrogen) atoms. The van der Waals surface area contributed by atoms with E-state index in [2.05, 4.69) is 45.7 Å². The van der Waals surface area contributed by atoms with Crippen LogP contribution in [0.25, 0.3) is 11.0 Å². The van der Waals surface area contributed by atoms with Gasteiger partial charge in [0.1, 0.15) is 0 Å². The third-order valence-electron chi connectivity index (χ3n) is 5.00. The minimum atomic E-state index is 0.205. The molecular weight excluding hydrogens is 336 g/mol. The lowest BCUT2D eigenvalue weighted by Gasteiger charge is -2.13. The van der Waals surface area contributed by atoms with Gasteiger partial charge in [-0.1, -0.05) is 24.3 Å². The molecule has 1 aliphatic carbocycles. The molecule has 6 nitrogen and oxygen atoms in total. The molecule has 4 aromatic rings. The molecule has 2 aromatic carbocycles. The highest BCUT2D eigenvalue weighted by molar-refractivity contribution is 5.75. The molecular formula is C21H16N6. The van der Waals surface area contributed by atoms with Gasteiger partial charge in [-0.3, -0.25) is 0 Å². The Bertz CT molecular complexity index is 1170. The van der Waals surface area contributed by atoms with Crippen LogP contribution in [0.1, 0.15) is 29.2 Å². The second-order valence-electron chi connectivity index (χ2n) is 6.63. The van der Waals surface area contributed by atoms with Crippen molar-refractivity contribution in [3.8, 4) is 6.07 Å². The smallest absolute Gasteiger partial charge is 0.229 e. The van der Waals surface area contributed by atoms with Gasteiger partial charge in [-0.25, -0.2) is 9.67 Å². The maximum absolute atomic E-state index is 8.91. The minimum Gasteiger partial charge on any atom is -0.324 e. The number of fused-ring (bicyclic) bond motifs is 2. The van der Waals surface area contributed by atoms with Crippen LogP contribution in [0.3, 0.4) is 0 Å². The molecule has 5 rings (SSSR count). The number of benzene rings is 2. The van der Waals surface area contributed by atoms with Crippen molar-refractivity contribution in [2.24, 2.45) is 0 Å². The summed E-state index contributed by atoms with van der Waals surface area (Å²) in [6, 6.07) is 18.1. The van der Waals surface area contributed by atoms with Crippen LogP contribution >= 0.6 is 0 Å². The van der Waals surface area contributed by atoms with Crippen LogP contribution in [-0.4, -0.2) is 19.7 Å². The average molecular weight is 352 g/mol. The predicted octanol–water partition coefficient (Wildman–Crippen LogP) is 3.98. The fraction of sp³-hybridized carbons (Fsp3) is 0.143. The van der Waals surface area contributed by atoms with Gasteiger partial charge in [0.15, 0.2) is 5.65 Å². The quantitative estimate of drug-likeness (QED) is 0.603. The second-order valence-corrected chi connectivity index (χ2v) is 6.63. The zero-order chi connectivity index (χ0) is 18.2. The third kappa shape index (κ3) is 2.70. The van der Waals surface area contributed by atoms with Crippen LogP contribution in [0, 0.1) is 11.3 Å². The largest absolute Gasteiger partial charge is 0.324 e. The van der Waals surface area contributed by atoms with Gasteiger partial charge in [0, 0.05) is 11.9 Å². The Labute approximate surface area is 156 Å². The van der Waals surface area contributed by atoms with Crippen molar-refractivity contribution in [3.63, 3.8) is 0 Å². The molecule has 2 heterocycles. The van der Waals surface area contributed by atoms with Crippen LogP contribution in [0.15, 0.2) is 60.9 Å². The van der Waals surface area contributed by atoms with Gasteiger partial charge in [0.25, 0.3) is 0 Å². The summed E-state index contributed by atoms with van der Waals surface area (Å²) in [4.78, 5) is 9.09. The van der Waals surface area contributed by atoms with E-state index in [-0.39, 0.29) is 6.04 Å². The van der Waals surface area contributed by atoms with Crippen LogP contribution in [-0.2, 0) is 6.42 Å². The maximum atomic E-state index is 8.91. The Hall–Kier alpha value is -3.72. The van der Waals surface area contributed by atoms with Crippen molar-refractivity contribution in [3.05, 3.63) is 77.6 Å². The Morgan fingerprint density at radius 1 is 1.07 bits per heavy atom. The fourth-order valence-corrected chi connectivity index (χ4v) is 3.67. The lowest BCUT2D eigenvalue weighted by atomic mass is 10.1. The van der Waals surface area contributed by atoms with E-state index in [0.29, 0.717) is 11.5 Å². The number of nitrogens with zero attached hydrogens (tertiary/aromatic N) is 5. The highest BCUT2D eigenvalue weighted by atomic mass is 15.3. The van der Waals surface area contributed by atoms with Crippen LogP contribution in [0.2, 0.25) is 0 Å². The number of hydrogen-bond donors (Lipinski definition) is 1. The zero-order valence-corrected chi connectivity index (χ0v) is 14.5. The Morgan fingerprint density at radius 3 is 2.78 bits per heavy atom. The Morgan fingerprint density at radius 2 is 1.93 bits per heavy atom. The second kappa shape index (κ2) is 6.22. The normalized spacial score (nSPS) is 15.4. The number of hydrogen-bond acceptors (Lipinski definition) is 5. The molecule has 0 radical (unpaired) electrons. The summed E-state index contributed by atoms with van der Waals surface area (Å²) in [5, 5.41) is 17.6. The van der Waals surface area contributed by atoms with E-state index >= 15 is 0 Å². The molecule has 1 N–H and O–H groups in total. The van der Waals surface area contributed by atoms with E-state index in [9.17, 15) is 0 Å². The van der Waals surface area contributed by atoms with E-state index in [4.69, 9.17) is 10.2 Å². The van der Waals surface area contributed by atoms with Gasteiger partial charge in [-0.2, -0.15) is 15.3 Å². The van der Waals surface area contributed by atoms with Gasteiger partial charge in [0.05, 0.1) is 29.3 Å². The molecule has 0 saturated heterocycles. The SMILES string of the molecule is N#Cc1ccc(Nc2ncc3cnn([C@H]4CCc5ccccc54)c3n2)cc1. The molecule has 0 aliphatic heterocycles. The number of anilines is 2. The summed E-state index contributed by atoms with van der Waals surface area (Å²) in [5.74, 6) is 0.514. The average Bonchev–Trinajstić information content (AvgIpc) is 3.32. The number of aromatic nitrogens is 4. The molecule has 2 aromatic heterocycles. The van der Waals surface area contributed by atoms with Crippen molar-refractivity contribution < 1.29 is 0 Å². The molecule has 130 valence electrons. The van der Waals surface area contributed by atoms with E-state index in [1.165, 1.54) is 11.1 Å². The molecule has 1 aliphatic rings. The van der Waals surface area contributed by atoms with E-state index in [0.717, 1.165) is 29.6 Å². The number of rotatable bonds is 3. The molecule has 6 heteroatoms. The molecule has 0 saturated carbocycles.